The van der Waals surface area contributed by atoms with Gasteiger partial charge in [0.2, 0.25) is 5.91 Å². The molecule has 1 amide bonds. The third-order valence-electron chi connectivity index (χ3n) is 3.08. The van der Waals surface area contributed by atoms with E-state index in [1.165, 1.54) is 0 Å². The summed E-state index contributed by atoms with van der Waals surface area (Å²) in [5, 5.41) is 0. The number of likely N-dealkylation sites (N-methyl/N-ethyl adjacent to an activating group) is 1. The summed E-state index contributed by atoms with van der Waals surface area (Å²) in [6.45, 7) is 5.73. The van der Waals surface area contributed by atoms with Gasteiger partial charge in [-0.05, 0) is 26.1 Å². The van der Waals surface area contributed by atoms with Crippen LogP contribution >= 0.6 is 0 Å². The molecule has 4 heteroatoms. The van der Waals surface area contributed by atoms with Crippen LogP contribution in [0.1, 0.15) is 12.0 Å². The van der Waals surface area contributed by atoms with Gasteiger partial charge in [0.05, 0.1) is 6.04 Å². The second-order valence-electron chi connectivity index (χ2n) is 5.18. The Balaban J connectivity index is 2.73. The molecule has 0 aliphatic carbocycles. The van der Waals surface area contributed by atoms with Crippen molar-refractivity contribution in [1.82, 2.24) is 9.80 Å². The molecule has 0 spiro atoms. The summed E-state index contributed by atoms with van der Waals surface area (Å²) in [5.74, 6) is -0.0180. The van der Waals surface area contributed by atoms with E-state index >= 15 is 0 Å². The fourth-order valence-corrected chi connectivity index (χ4v) is 1.91. The van der Waals surface area contributed by atoms with Crippen molar-refractivity contribution in [3.63, 3.8) is 0 Å². The van der Waals surface area contributed by atoms with E-state index in [4.69, 9.17) is 5.73 Å². The first-order chi connectivity index (χ1) is 9.54. The Morgan fingerprint density at radius 2 is 1.95 bits per heavy atom. The topological polar surface area (TPSA) is 49.6 Å². The Morgan fingerprint density at radius 1 is 1.30 bits per heavy atom. The zero-order valence-electron chi connectivity index (χ0n) is 12.5. The van der Waals surface area contributed by atoms with Gasteiger partial charge in [0, 0.05) is 19.6 Å². The number of nitrogens with two attached hydrogens (primary N) is 1. The molecule has 0 aromatic heterocycles. The van der Waals surface area contributed by atoms with E-state index < -0.39 is 6.04 Å². The highest BCUT2D eigenvalue weighted by molar-refractivity contribution is 5.81. The first kappa shape index (κ1) is 16.4. The van der Waals surface area contributed by atoms with Crippen molar-refractivity contribution in [1.29, 1.82) is 0 Å². The minimum atomic E-state index is -0.502. The largest absolute Gasteiger partial charge is 0.336 e. The standard InChI is InChI=1S/C16H25N3O/c1-4-8-15(17)16(20)19(12-11-18(2)3)13-14-9-6-5-7-10-14/h4-7,9-10,15H,1,8,11-13,17H2,2-3H3. The summed E-state index contributed by atoms with van der Waals surface area (Å²) < 4.78 is 0. The van der Waals surface area contributed by atoms with Gasteiger partial charge in [-0.3, -0.25) is 4.79 Å². The maximum absolute atomic E-state index is 12.4. The molecular formula is C16H25N3O. The predicted octanol–water partition coefficient (Wildman–Crippen LogP) is 1.48. The van der Waals surface area contributed by atoms with Gasteiger partial charge in [0.25, 0.3) is 0 Å². The van der Waals surface area contributed by atoms with Gasteiger partial charge in [-0.25, -0.2) is 0 Å². The third-order valence-corrected chi connectivity index (χ3v) is 3.08. The van der Waals surface area contributed by atoms with Crippen molar-refractivity contribution in [3.05, 3.63) is 48.6 Å². The fraction of sp³-hybridized carbons (Fsp3) is 0.438. The molecule has 0 saturated heterocycles. The van der Waals surface area contributed by atoms with E-state index in [2.05, 4.69) is 11.5 Å². The normalized spacial score (nSPS) is 12.2. The lowest BCUT2D eigenvalue weighted by molar-refractivity contribution is -0.133. The van der Waals surface area contributed by atoms with E-state index in [0.29, 0.717) is 19.5 Å². The van der Waals surface area contributed by atoms with Crippen molar-refractivity contribution in [2.75, 3.05) is 27.2 Å². The number of benzene rings is 1. The van der Waals surface area contributed by atoms with Crippen LogP contribution in [0, 0.1) is 0 Å². The second kappa shape index (κ2) is 8.51. The molecule has 0 radical (unpaired) electrons. The predicted molar refractivity (Wildman–Crippen MR) is 83.2 cm³/mol. The fourth-order valence-electron chi connectivity index (χ4n) is 1.91. The van der Waals surface area contributed by atoms with Gasteiger partial charge in [-0.15, -0.1) is 6.58 Å². The van der Waals surface area contributed by atoms with Crippen LogP contribution in [-0.4, -0.2) is 48.9 Å². The Bertz CT molecular complexity index is 417. The highest BCUT2D eigenvalue weighted by Crippen LogP contribution is 2.07. The Hall–Kier alpha value is -1.65. The minimum Gasteiger partial charge on any atom is -0.336 e. The number of carbonyl (C=O) groups is 1. The van der Waals surface area contributed by atoms with Crippen molar-refractivity contribution in [3.8, 4) is 0 Å². The summed E-state index contributed by atoms with van der Waals surface area (Å²) in [4.78, 5) is 16.3. The zero-order valence-corrected chi connectivity index (χ0v) is 12.5. The number of rotatable bonds is 8. The Morgan fingerprint density at radius 3 is 2.50 bits per heavy atom. The number of nitrogens with zero attached hydrogens (tertiary/aromatic N) is 2. The lowest BCUT2D eigenvalue weighted by Gasteiger charge is -2.27. The minimum absolute atomic E-state index is 0.0180. The van der Waals surface area contributed by atoms with Crippen LogP contribution in [0.2, 0.25) is 0 Å². The lowest BCUT2D eigenvalue weighted by Crippen LogP contribution is -2.45. The first-order valence-electron chi connectivity index (χ1n) is 6.88. The molecule has 1 rings (SSSR count). The average molecular weight is 275 g/mol. The molecule has 1 unspecified atom stereocenters. The molecule has 0 bridgehead atoms. The van der Waals surface area contributed by atoms with Gasteiger partial charge < -0.3 is 15.5 Å². The number of hydrogen-bond acceptors (Lipinski definition) is 3. The lowest BCUT2D eigenvalue weighted by atomic mass is 10.1. The smallest absolute Gasteiger partial charge is 0.240 e. The summed E-state index contributed by atoms with van der Waals surface area (Å²) in [5.41, 5.74) is 7.03. The van der Waals surface area contributed by atoms with E-state index in [9.17, 15) is 4.79 Å². The van der Waals surface area contributed by atoms with Gasteiger partial charge in [0.15, 0.2) is 0 Å². The van der Waals surface area contributed by atoms with Crippen LogP contribution < -0.4 is 5.73 Å². The highest BCUT2D eigenvalue weighted by atomic mass is 16.2. The molecule has 0 aliphatic heterocycles. The van der Waals surface area contributed by atoms with Crippen molar-refractivity contribution in [2.45, 2.75) is 19.0 Å². The molecular weight excluding hydrogens is 250 g/mol. The monoisotopic (exact) mass is 275 g/mol. The third kappa shape index (κ3) is 5.55. The van der Waals surface area contributed by atoms with Crippen LogP contribution in [0.4, 0.5) is 0 Å². The van der Waals surface area contributed by atoms with E-state index in [-0.39, 0.29) is 5.91 Å². The zero-order chi connectivity index (χ0) is 15.0. The molecule has 110 valence electrons. The summed E-state index contributed by atoms with van der Waals surface area (Å²) in [6, 6.07) is 9.47. The van der Waals surface area contributed by atoms with E-state index in [1.807, 2.05) is 49.3 Å². The number of carbonyl (C=O) groups excluding carboxylic acids is 1. The molecule has 1 atom stereocenters. The van der Waals surface area contributed by atoms with Crippen LogP contribution in [0.15, 0.2) is 43.0 Å². The number of amides is 1. The van der Waals surface area contributed by atoms with Crippen LogP contribution in [0.5, 0.6) is 0 Å². The molecule has 0 heterocycles. The van der Waals surface area contributed by atoms with E-state index in [0.717, 1.165) is 12.1 Å². The number of hydrogen-bond donors (Lipinski definition) is 1. The van der Waals surface area contributed by atoms with Gasteiger partial charge in [0.1, 0.15) is 0 Å². The maximum Gasteiger partial charge on any atom is 0.240 e. The van der Waals surface area contributed by atoms with E-state index in [1.54, 1.807) is 6.08 Å². The van der Waals surface area contributed by atoms with Gasteiger partial charge >= 0.3 is 0 Å². The van der Waals surface area contributed by atoms with Crippen LogP contribution in [0.25, 0.3) is 0 Å². The van der Waals surface area contributed by atoms with Crippen molar-refractivity contribution in [2.24, 2.45) is 5.73 Å². The molecule has 2 N–H and O–H groups in total. The molecule has 20 heavy (non-hydrogen) atoms. The average Bonchev–Trinajstić information content (AvgIpc) is 2.44. The summed E-state index contributed by atoms with van der Waals surface area (Å²) in [6.07, 6.45) is 2.20. The van der Waals surface area contributed by atoms with Crippen molar-refractivity contribution < 1.29 is 4.79 Å². The Labute approximate surface area is 121 Å². The van der Waals surface area contributed by atoms with Gasteiger partial charge in [-0.1, -0.05) is 36.4 Å². The first-order valence-corrected chi connectivity index (χ1v) is 6.88. The van der Waals surface area contributed by atoms with Crippen molar-refractivity contribution >= 4 is 5.91 Å². The molecule has 1 aromatic carbocycles. The molecule has 0 fully saturated rings. The quantitative estimate of drug-likeness (QED) is 0.731. The Kier molecular flexibility index (Phi) is 6.98. The maximum atomic E-state index is 12.4. The highest BCUT2D eigenvalue weighted by Gasteiger charge is 2.20. The van der Waals surface area contributed by atoms with Crippen LogP contribution in [-0.2, 0) is 11.3 Å². The molecule has 0 saturated carbocycles. The van der Waals surface area contributed by atoms with Gasteiger partial charge in [-0.2, -0.15) is 0 Å². The second-order valence-corrected chi connectivity index (χ2v) is 5.18. The SMILES string of the molecule is C=CCC(N)C(=O)N(CCN(C)C)Cc1ccccc1. The molecule has 0 aliphatic rings. The summed E-state index contributed by atoms with van der Waals surface area (Å²) >= 11 is 0. The summed E-state index contributed by atoms with van der Waals surface area (Å²) in [7, 11) is 3.99. The molecule has 1 aromatic rings. The molecule has 4 nitrogen and oxygen atoms in total. The van der Waals surface area contributed by atoms with Crippen LogP contribution in [0.3, 0.4) is 0 Å².